The molecule has 0 spiro atoms. The number of fused-ring (bicyclic) bond motifs is 1. The van der Waals surface area contributed by atoms with Gasteiger partial charge in [0, 0.05) is 18.5 Å². The molecule has 1 aliphatic rings. The van der Waals surface area contributed by atoms with Crippen molar-refractivity contribution in [3.05, 3.63) is 70.8 Å². The van der Waals surface area contributed by atoms with E-state index in [4.69, 9.17) is 0 Å². The first-order valence-corrected chi connectivity index (χ1v) is 11.5. The van der Waals surface area contributed by atoms with Gasteiger partial charge in [0.2, 0.25) is 10.0 Å². The van der Waals surface area contributed by atoms with Gasteiger partial charge in [0.25, 0.3) is 0 Å². The van der Waals surface area contributed by atoms with Gasteiger partial charge in [0.15, 0.2) is 0 Å². The van der Waals surface area contributed by atoms with Crippen molar-refractivity contribution in [2.24, 2.45) is 0 Å². The topological polar surface area (TPSA) is 58.2 Å². The highest BCUT2D eigenvalue weighted by Crippen LogP contribution is 2.35. The minimum atomic E-state index is -3.19. The van der Waals surface area contributed by atoms with E-state index in [2.05, 4.69) is 52.5 Å². The first-order chi connectivity index (χ1) is 13.0. The van der Waals surface area contributed by atoms with E-state index in [1.165, 1.54) is 16.7 Å². The summed E-state index contributed by atoms with van der Waals surface area (Å²) in [4.78, 5) is 0. The van der Waals surface area contributed by atoms with Crippen molar-refractivity contribution in [1.29, 1.82) is 0 Å². The maximum absolute atomic E-state index is 12.0. The van der Waals surface area contributed by atoms with Crippen LogP contribution in [0.25, 0.3) is 0 Å². The highest BCUT2D eigenvalue weighted by Gasteiger charge is 2.29. The van der Waals surface area contributed by atoms with Crippen molar-refractivity contribution < 1.29 is 8.42 Å². The first kappa shape index (κ1) is 25.6. The van der Waals surface area contributed by atoms with Crippen molar-refractivity contribution in [2.75, 3.05) is 12.8 Å². The number of likely N-dealkylation sites (N-methyl/N-ethyl adjacent to an activating group) is 1. The van der Waals surface area contributed by atoms with Crippen molar-refractivity contribution in [3.8, 4) is 0 Å². The third-order valence-electron chi connectivity index (χ3n) is 5.46. The maximum atomic E-state index is 12.0. The number of halogens is 1. The third kappa shape index (κ3) is 6.82. The molecule has 3 rings (SSSR count). The molecule has 0 heterocycles. The molecular formula is C23H35ClN2O2S. The van der Waals surface area contributed by atoms with Crippen LogP contribution in [0.1, 0.15) is 55.4 Å². The van der Waals surface area contributed by atoms with E-state index in [9.17, 15) is 8.42 Å². The summed E-state index contributed by atoms with van der Waals surface area (Å²) < 4.78 is 26.7. The normalized spacial score (nSPS) is 18.3. The van der Waals surface area contributed by atoms with Crippen molar-refractivity contribution in [1.82, 2.24) is 10.0 Å². The second-order valence-electron chi connectivity index (χ2n) is 7.40. The molecule has 4 nitrogen and oxygen atoms in total. The molecule has 0 saturated heterocycles. The zero-order valence-electron chi connectivity index (χ0n) is 16.6. The van der Waals surface area contributed by atoms with E-state index in [1.807, 2.05) is 20.0 Å². The largest absolute Gasteiger partial charge is 0.316 e. The predicted molar refractivity (Wildman–Crippen MR) is 125 cm³/mol. The van der Waals surface area contributed by atoms with Crippen LogP contribution in [0.2, 0.25) is 0 Å². The lowest BCUT2D eigenvalue weighted by Gasteiger charge is -2.34. The van der Waals surface area contributed by atoms with E-state index < -0.39 is 10.0 Å². The molecule has 162 valence electrons. The van der Waals surface area contributed by atoms with Gasteiger partial charge in [-0.25, -0.2) is 13.1 Å². The Morgan fingerprint density at radius 3 is 2.45 bits per heavy atom. The Labute approximate surface area is 183 Å². The van der Waals surface area contributed by atoms with E-state index in [1.54, 1.807) is 0 Å². The zero-order chi connectivity index (χ0) is 19.3. The van der Waals surface area contributed by atoms with Crippen LogP contribution in [-0.2, 0) is 29.4 Å². The molecule has 0 aromatic heterocycles. The highest BCUT2D eigenvalue weighted by atomic mass is 35.5. The Morgan fingerprint density at radius 2 is 1.79 bits per heavy atom. The Morgan fingerprint density at radius 1 is 1.07 bits per heavy atom. The molecule has 2 atom stereocenters. The molecule has 0 saturated carbocycles. The summed E-state index contributed by atoms with van der Waals surface area (Å²) in [6.45, 7) is 2.24. The van der Waals surface area contributed by atoms with Crippen LogP contribution < -0.4 is 10.0 Å². The molecule has 2 N–H and O–H groups in total. The van der Waals surface area contributed by atoms with E-state index in [0.717, 1.165) is 24.8 Å². The van der Waals surface area contributed by atoms with Gasteiger partial charge < -0.3 is 5.32 Å². The third-order valence-corrected chi connectivity index (χ3v) is 6.99. The predicted octanol–water partition coefficient (Wildman–Crippen LogP) is 4.43. The van der Waals surface area contributed by atoms with Gasteiger partial charge in [-0.2, -0.15) is 0 Å². The Bertz CT molecular complexity index is 856. The standard InChI is InChI=1S/C22H30N2O2S.CH4.ClH/c1-3-13-27(25,26)24-16-18-9-10-19-11-12-22(23-2)21(20(19)15-18)14-17-7-5-4-6-8-17;;/h4-10,15,21-24H,3,11-14,16H2,1-2H3;1H4;1H. The lowest BCUT2D eigenvalue weighted by molar-refractivity contribution is 0.409. The SMILES string of the molecule is C.CCCS(=O)(=O)NCc1ccc2c(c1)C(Cc1ccccc1)C(NC)CC2.Cl. The summed E-state index contributed by atoms with van der Waals surface area (Å²) in [6.07, 6.45) is 3.81. The monoisotopic (exact) mass is 438 g/mol. The zero-order valence-corrected chi connectivity index (χ0v) is 18.3. The van der Waals surface area contributed by atoms with E-state index >= 15 is 0 Å². The number of sulfonamides is 1. The van der Waals surface area contributed by atoms with Gasteiger partial charge in [-0.15, -0.1) is 12.4 Å². The van der Waals surface area contributed by atoms with Crippen LogP contribution in [0.4, 0.5) is 0 Å². The van der Waals surface area contributed by atoms with Crippen molar-refractivity contribution >= 4 is 22.4 Å². The lowest BCUT2D eigenvalue weighted by Crippen LogP contribution is -2.37. The van der Waals surface area contributed by atoms with Gasteiger partial charge >= 0.3 is 0 Å². The number of rotatable bonds is 8. The maximum Gasteiger partial charge on any atom is 0.211 e. The van der Waals surface area contributed by atoms with E-state index in [0.29, 0.717) is 24.9 Å². The molecular weight excluding hydrogens is 404 g/mol. The van der Waals surface area contributed by atoms with Gasteiger partial charge in [-0.1, -0.05) is 62.9 Å². The summed E-state index contributed by atoms with van der Waals surface area (Å²) in [7, 11) is -1.15. The minimum absolute atomic E-state index is 0. The Balaban J connectivity index is 0.00000210. The van der Waals surface area contributed by atoms with Gasteiger partial charge in [0.1, 0.15) is 0 Å². The van der Waals surface area contributed by atoms with Gasteiger partial charge in [-0.05, 0) is 55.0 Å². The fourth-order valence-corrected chi connectivity index (χ4v) is 5.12. The number of benzene rings is 2. The Kier molecular flexibility index (Phi) is 10.3. The second-order valence-corrected chi connectivity index (χ2v) is 9.33. The average Bonchev–Trinajstić information content (AvgIpc) is 2.67. The summed E-state index contributed by atoms with van der Waals surface area (Å²) >= 11 is 0. The molecule has 0 bridgehead atoms. The number of hydrogen-bond donors (Lipinski definition) is 2. The van der Waals surface area contributed by atoms with Crippen LogP contribution in [0.5, 0.6) is 0 Å². The Hall–Kier alpha value is -1.40. The highest BCUT2D eigenvalue weighted by molar-refractivity contribution is 7.89. The number of hydrogen-bond acceptors (Lipinski definition) is 3. The average molecular weight is 439 g/mol. The van der Waals surface area contributed by atoms with Gasteiger partial charge in [-0.3, -0.25) is 0 Å². The summed E-state index contributed by atoms with van der Waals surface area (Å²) in [6, 6.07) is 17.5. The summed E-state index contributed by atoms with van der Waals surface area (Å²) in [5.41, 5.74) is 5.12. The minimum Gasteiger partial charge on any atom is -0.316 e. The molecule has 0 amide bonds. The molecule has 29 heavy (non-hydrogen) atoms. The number of aryl methyl sites for hydroxylation is 1. The molecule has 2 unspecified atom stereocenters. The molecule has 0 radical (unpaired) electrons. The molecule has 2 aromatic carbocycles. The molecule has 0 fully saturated rings. The van der Waals surface area contributed by atoms with Crippen LogP contribution in [0.15, 0.2) is 48.5 Å². The smallest absolute Gasteiger partial charge is 0.211 e. The number of nitrogens with one attached hydrogen (secondary N) is 2. The molecule has 6 heteroatoms. The van der Waals surface area contributed by atoms with Crippen LogP contribution in [0.3, 0.4) is 0 Å². The second kappa shape index (κ2) is 11.7. The van der Waals surface area contributed by atoms with Crippen LogP contribution in [-0.4, -0.2) is 27.3 Å². The van der Waals surface area contributed by atoms with Crippen LogP contribution in [0, 0.1) is 0 Å². The molecule has 2 aromatic rings. The molecule has 0 aliphatic heterocycles. The molecule has 1 aliphatic carbocycles. The van der Waals surface area contributed by atoms with E-state index in [-0.39, 0.29) is 25.6 Å². The summed E-state index contributed by atoms with van der Waals surface area (Å²) in [5, 5.41) is 3.50. The van der Waals surface area contributed by atoms with Crippen molar-refractivity contribution in [3.63, 3.8) is 0 Å². The van der Waals surface area contributed by atoms with Crippen LogP contribution >= 0.6 is 12.4 Å². The van der Waals surface area contributed by atoms with Gasteiger partial charge in [0.05, 0.1) is 5.75 Å². The first-order valence-electron chi connectivity index (χ1n) is 9.82. The summed E-state index contributed by atoms with van der Waals surface area (Å²) in [5.74, 6) is 0.574. The van der Waals surface area contributed by atoms with Crippen molar-refractivity contribution in [2.45, 2.75) is 58.5 Å². The fourth-order valence-electron chi connectivity index (χ4n) is 4.06. The fraction of sp³-hybridized carbons (Fsp3) is 0.478. The lowest BCUT2D eigenvalue weighted by atomic mass is 9.75. The quantitative estimate of drug-likeness (QED) is 0.640.